The fourth-order valence-electron chi connectivity index (χ4n) is 2.97. The molecule has 0 spiro atoms. The first-order valence-corrected chi connectivity index (χ1v) is 10.7. The molecule has 0 aliphatic rings. The van der Waals surface area contributed by atoms with Crippen molar-refractivity contribution in [1.29, 1.82) is 0 Å². The quantitative estimate of drug-likeness (QED) is 0.477. The maximum atomic E-state index is 12.8. The van der Waals surface area contributed by atoms with Crippen LogP contribution >= 0.6 is 11.8 Å². The molecular weight excluding hydrogens is 378 g/mol. The third-order valence-electron chi connectivity index (χ3n) is 4.58. The number of hydrogen-bond acceptors (Lipinski definition) is 3. The van der Waals surface area contributed by atoms with E-state index < -0.39 is 6.10 Å². The molecule has 1 N–H and O–H groups in total. The van der Waals surface area contributed by atoms with E-state index in [1.54, 1.807) is 18.7 Å². The largest absolute Gasteiger partial charge is 0.481 e. The average molecular weight is 406 g/mol. The summed E-state index contributed by atoms with van der Waals surface area (Å²) < 4.78 is 6.06. The number of anilines is 1. The number of para-hydroxylation sites is 1. The van der Waals surface area contributed by atoms with Gasteiger partial charge in [0.2, 0.25) is 0 Å². The standard InChI is InChI=1S/C25H27NO2S/c1-17(2)21-15-14-18(3)16-23(21)28-19(4)25(27)26-22-12-8-9-13-24(22)29-20-10-6-5-7-11-20/h5-17,19H,1-4H3,(H,26,27)/t19-/m1/s1. The molecule has 3 aromatic rings. The molecule has 3 aromatic carbocycles. The fraction of sp³-hybridized carbons (Fsp3) is 0.240. The lowest BCUT2D eigenvalue weighted by Gasteiger charge is -2.20. The highest BCUT2D eigenvalue weighted by Gasteiger charge is 2.19. The van der Waals surface area contributed by atoms with Gasteiger partial charge in [0.05, 0.1) is 5.69 Å². The Morgan fingerprint density at radius 2 is 1.62 bits per heavy atom. The molecule has 0 aliphatic heterocycles. The smallest absolute Gasteiger partial charge is 0.265 e. The van der Waals surface area contributed by atoms with Crippen LogP contribution in [-0.2, 0) is 4.79 Å². The van der Waals surface area contributed by atoms with Gasteiger partial charge in [-0.2, -0.15) is 0 Å². The van der Waals surface area contributed by atoms with E-state index in [0.717, 1.165) is 32.4 Å². The highest BCUT2D eigenvalue weighted by Crippen LogP contribution is 2.33. The molecule has 0 bridgehead atoms. The van der Waals surface area contributed by atoms with Crippen LogP contribution in [0.15, 0.2) is 82.6 Å². The van der Waals surface area contributed by atoms with Crippen molar-refractivity contribution in [3.05, 3.63) is 83.9 Å². The summed E-state index contributed by atoms with van der Waals surface area (Å²) in [7, 11) is 0. The normalized spacial score (nSPS) is 11.9. The van der Waals surface area contributed by atoms with E-state index >= 15 is 0 Å². The van der Waals surface area contributed by atoms with E-state index in [1.807, 2.05) is 55.5 Å². The lowest BCUT2D eigenvalue weighted by molar-refractivity contribution is -0.122. The van der Waals surface area contributed by atoms with Crippen molar-refractivity contribution in [2.24, 2.45) is 0 Å². The first-order chi connectivity index (χ1) is 13.9. The average Bonchev–Trinajstić information content (AvgIpc) is 2.70. The number of carbonyl (C=O) groups excluding carboxylic acids is 1. The van der Waals surface area contributed by atoms with Crippen LogP contribution in [0, 0.1) is 6.92 Å². The molecule has 0 saturated carbocycles. The Morgan fingerprint density at radius 3 is 2.34 bits per heavy atom. The van der Waals surface area contributed by atoms with Gasteiger partial charge >= 0.3 is 0 Å². The van der Waals surface area contributed by atoms with Gasteiger partial charge in [-0.25, -0.2) is 0 Å². The zero-order chi connectivity index (χ0) is 20.8. The van der Waals surface area contributed by atoms with Crippen LogP contribution in [0.1, 0.15) is 37.8 Å². The molecule has 1 atom stereocenters. The predicted molar refractivity (Wildman–Crippen MR) is 121 cm³/mol. The van der Waals surface area contributed by atoms with Crippen molar-refractivity contribution in [1.82, 2.24) is 0 Å². The number of ether oxygens (including phenoxy) is 1. The summed E-state index contributed by atoms with van der Waals surface area (Å²) in [6.07, 6.45) is -0.607. The molecule has 29 heavy (non-hydrogen) atoms. The lowest BCUT2D eigenvalue weighted by Crippen LogP contribution is -2.30. The van der Waals surface area contributed by atoms with Crippen molar-refractivity contribution in [3.8, 4) is 5.75 Å². The van der Waals surface area contributed by atoms with Gasteiger partial charge in [0, 0.05) is 9.79 Å². The van der Waals surface area contributed by atoms with E-state index in [9.17, 15) is 4.79 Å². The van der Waals surface area contributed by atoms with Gasteiger partial charge in [-0.1, -0.05) is 68.1 Å². The topological polar surface area (TPSA) is 38.3 Å². The van der Waals surface area contributed by atoms with E-state index in [-0.39, 0.29) is 5.91 Å². The molecule has 1 amide bonds. The fourth-order valence-corrected chi connectivity index (χ4v) is 3.90. The van der Waals surface area contributed by atoms with Crippen molar-refractivity contribution < 1.29 is 9.53 Å². The minimum Gasteiger partial charge on any atom is -0.481 e. The molecule has 3 rings (SSSR count). The summed E-state index contributed by atoms with van der Waals surface area (Å²) in [5.41, 5.74) is 3.01. The molecule has 0 fully saturated rings. The third kappa shape index (κ3) is 5.64. The highest BCUT2D eigenvalue weighted by molar-refractivity contribution is 7.99. The number of rotatable bonds is 7. The second kappa shape index (κ2) is 9.66. The summed E-state index contributed by atoms with van der Waals surface area (Å²) in [5, 5.41) is 3.03. The molecule has 0 radical (unpaired) electrons. The van der Waals surface area contributed by atoms with Crippen LogP contribution in [0.5, 0.6) is 5.75 Å². The molecule has 0 saturated heterocycles. The molecule has 4 heteroatoms. The first-order valence-electron chi connectivity index (χ1n) is 9.84. The van der Waals surface area contributed by atoms with Gasteiger partial charge in [-0.05, 0) is 61.2 Å². The Balaban J connectivity index is 1.73. The van der Waals surface area contributed by atoms with Gasteiger partial charge in [-0.3, -0.25) is 4.79 Å². The number of benzene rings is 3. The van der Waals surface area contributed by atoms with Crippen LogP contribution in [0.2, 0.25) is 0 Å². The number of amides is 1. The summed E-state index contributed by atoms with van der Waals surface area (Å²) in [4.78, 5) is 15.0. The second-order valence-corrected chi connectivity index (χ2v) is 8.47. The molecule has 0 unspecified atom stereocenters. The maximum absolute atomic E-state index is 12.8. The summed E-state index contributed by atoms with van der Waals surface area (Å²) in [5.74, 6) is 0.931. The van der Waals surface area contributed by atoms with E-state index in [1.165, 1.54) is 0 Å². The monoisotopic (exact) mass is 405 g/mol. The summed E-state index contributed by atoms with van der Waals surface area (Å²) in [6.45, 7) is 8.06. The molecule has 0 aromatic heterocycles. The van der Waals surface area contributed by atoms with Gasteiger partial charge in [0.1, 0.15) is 5.75 Å². The Bertz CT molecular complexity index is 970. The molecule has 3 nitrogen and oxygen atoms in total. The van der Waals surface area contributed by atoms with Crippen LogP contribution in [0.3, 0.4) is 0 Å². The predicted octanol–water partition coefficient (Wildman–Crippen LogP) is 6.68. The lowest BCUT2D eigenvalue weighted by atomic mass is 10.0. The zero-order valence-electron chi connectivity index (χ0n) is 17.3. The van der Waals surface area contributed by atoms with Crippen molar-refractivity contribution in [3.63, 3.8) is 0 Å². The molecule has 0 heterocycles. The van der Waals surface area contributed by atoms with Crippen LogP contribution in [0.4, 0.5) is 5.69 Å². The number of aryl methyl sites for hydroxylation is 1. The molecule has 150 valence electrons. The number of hydrogen-bond donors (Lipinski definition) is 1. The van der Waals surface area contributed by atoms with Gasteiger partial charge in [0.15, 0.2) is 6.10 Å². The van der Waals surface area contributed by atoms with Gasteiger partial charge in [-0.15, -0.1) is 0 Å². The number of nitrogens with one attached hydrogen (secondary N) is 1. The van der Waals surface area contributed by atoms with Crippen molar-refractivity contribution in [2.75, 3.05) is 5.32 Å². The zero-order valence-corrected chi connectivity index (χ0v) is 18.1. The highest BCUT2D eigenvalue weighted by atomic mass is 32.2. The Labute approximate surface area is 177 Å². The van der Waals surface area contributed by atoms with Crippen molar-refractivity contribution >= 4 is 23.4 Å². The number of carbonyl (C=O) groups is 1. The molecule has 0 aliphatic carbocycles. The van der Waals surface area contributed by atoms with Crippen LogP contribution < -0.4 is 10.1 Å². The van der Waals surface area contributed by atoms with Crippen LogP contribution in [0.25, 0.3) is 0 Å². The summed E-state index contributed by atoms with van der Waals surface area (Å²) >= 11 is 1.62. The van der Waals surface area contributed by atoms with Crippen molar-refractivity contribution in [2.45, 2.75) is 49.5 Å². The summed E-state index contributed by atoms with van der Waals surface area (Å²) in [6, 6.07) is 24.1. The minimum atomic E-state index is -0.607. The van der Waals surface area contributed by atoms with Crippen LogP contribution in [-0.4, -0.2) is 12.0 Å². The van der Waals surface area contributed by atoms with Gasteiger partial charge in [0.25, 0.3) is 5.91 Å². The van der Waals surface area contributed by atoms with Gasteiger partial charge < -0.3 is 10.1 Å². The Morgan fingerprint density at radius 1 is 0.931 bits per heavy atom. The molecular formula is C25H27NO2S. The van der Waals surface area contributed by atoms with E-state index in [0.29, 0.717) is 5.92 Å². The first kappa shape index (κ1) is 21.0. The SMILES string of the molecule is Cc1ccc(C(C)C)c(O[C@H](C)C(=O)Nc2ccccc2Sc2ccccc2)c1. The Kier molecular flexibility index (Phi) is 6.99. The Hall–Kier alpha value is -2.72. The van der Waals surface area contributed by atoms with E-state index in [4.69, 9.17) is 4.74 Å². The second-order valence-electron chi connectivity index (χ2n) is 7.36. The maximum Gasteiger partial charge on any atom is 0.265 e. The third-order valence-corrected chi connectivity index (χ3v) is 5.66. The minimum absolute atomic E-state index is 0.165. The van der Waals surface area contributed by atoms with E-state index in [2.05, 4.69) is 43.4 Å².